The van der Waals surface area contributed by atoms with E-state index in [1.165, 1.54) is 22.9 Å². The molecule has 3 N–H and O–H groups in total. The Morgan fingerprint density at radius 1 is 1.41 bits per heavy atom. The number of nitrogens with one attached hydrogen (secondary N) is 1. The second kappa shape index (κ2) is 6.80. The van der Waals surface area contributed by atoms with Crippen molar-refractivity contribution in [2.45, 2.75) is 31.6 Å². The molecule has 4 rings (SSSR count). The number of aromatic nitrogens is 2. The highest BCUT2D eigenvalue weighted by atomic mass is 35.5. The summed E-state index contributed by atoms with van der Waals surface area (Å²) >= 11 is 5.80. The molecular weight excluding hydrogens is 371 g/mol. The predicted molar refractivity (Wildman–Crippen MR) is 101 cm³/mol. The number of nitrogen functional groups attached to an aromatic ring is 1. The number of carbonyl (C=O) groups excluding carboxylic acids is 1. The van der Waals surface area contributed by atoms with Crippen LogP contribution in [0.25, 0.3) is 0 Å². The largest absolute Gasteiger partial charge is 0.383 e. The van der Waals surface area contributed by atoms with E-state index in [1.807, 2.05) is 0 Å². The van der Waals surface area contributed by atoms with Crippen molar-refractivity contribution in [1.29, 1.82) is 0 Å². The van der Waals surface area contributed by atoms with Crippen LogP contribution < -0.4 is 11.1 Å². The highest BCUT2D eigenvalue weighted by molar-refractivity contribution is 6.31. The summed E-state index contributed by atoms with van der Waals surface area (Å²) in [6.07, 6.45) is 4.10. The maximum Gasteiger partial charge on any atom is 0.261 e. The minimum atomic E-state index is -0.535. The van der Waals surface area contributed by atoms with Crippen LogP contribution in [0.15, 0.2) is 18.2 Å². The molecule has 0 unspecified atom stereocenters. The number of amides is 1. The topological polar surface area (TPSA) is 82.2 Å². The van der Waals surface area contributed by atoms with Crippen molar-refractivity contribution in [2.24, 2.45) is 12.5 Å². The first-order valence-corrected chi connectivity index (χ1v) is 9.43. The van der Waals surface area contributed by atoms with Crippen LogP contribution in [-0.4, -0.2) is 28.9 Å². The quantitative estimate of drug-likeness (QED) is 0.833. The molecule has 0 atom stereocenters. The van der Waals surface area contributed by atoms with Gasteiger partial charge in [0, 0.05) is 31.9 Å². The van der Waals surface area contributed by atoms with E-state index in [1.54, 1.807) is 7.05 Å². The lowest BCUT2D eigenvalue weighted by Crippen LogP contribution is -2.41. The molecule has 1 aromatic heterocycles. The van der Waals surface area contributed by atoms with Crippen LogP contribution in [-0.2, 0) is 11.8 Å². The Balaban J connectivity index is 1.55. The van der Waals surface area contributed by atoms with Crippen LogP contribution in [0.2, 0.25) is 5.02 Å². The van der Waals surface area contributed by atoms with Crippen molar-refractivity contribution in [2.75, 3.05) is 24.3 Å². The van der Waals surface area contributed by atoms with Crippen LogP contribution in [0, 0.1) is 11.2 Å². The summed E-state index contributed by atoms with van der Waals surface area (Å²) in [6.45, 7) is 1.60. The smallest absolute Gasteiger partial charge is 0.261 e. The van der Waals surface area contributed by atoms with E-state index >= 15 is 0 Å². The highest BCUT2D eigenvalue weighted by Crippen LogP contribution is 2.56. The second-order valence-corrected chi connectivity index (χ2v) is 7.98. The first-order chi connectivity index (χ1) is 12.9. The number of carbonyl (C=O) groups is 1. The Bertz CT molecular complexity index is 884. The first-order valence-electron chi connectivity index (χ1n) is 9.05. The SMILES string of the molecule is Cn1nc(C2CC3(CCOCC3)C2)c(C(=O)Nc2ccc(F)c(Cl)c2)c1N. The number of nitrogens with zero attached hydrogens (tertiary/aromatic N) is 2. The fourth-order valence-electron chi connectivity index (χ4n) is 4.24. The number of rotatable bonds is 3. The van der Waals surface area contributed by atoms with E-state index in [0.29, 0.717) is 22.5 Å². The van der Waals surface area contributed by atoms with E-state index in [2.05, 4.69) is 10.4 Å². The van der Waals surface area contributed by atoms with Gasteiger partial charge in [-0.3, -0.25) is 9.48 Å². The number of hydrogen-bond acceptors (Lipinski definition) is 4. The number of aryl methyl sites for hydroxylation is 1. The van der Waals surface area contributed by atoms with Gasteiger partial charge in [-0.25, -0.2) is 4.39 Å². The molecule has 1 aliphatic heterocycles. The maximum absolute atomic E-state index is 13.3. The molecule has 1 spiro atoms. The highest BCUT2D eigenvalue weighted by Gasteiger charge is 2.47. The average molecular weight is 393 g/mol. The van der Waals surface area contributed by atoms with Crippen LogP contribution >= 0.6 is 11.6 Å². The zero-order valence-corrected chi connectivity index (χ0v) is 15.9. The normalized spacial score (nSPS) is 19.1. The molecule has 2 heterocycles. The zero-order valence-electron chi connectivity index (χ0n) is 15.1. The molecule has 1 aliphatic carbocycles. The van der Waals surface area contributed by atoms with Gasteiger partial charge in [0.05, 0.1) is 10.7 Å². The lowest BCUT2D eigenvalue weighted by atomic mass is 9.57. The molecule has 8 heteroatoms. The Kier molecular flexibility index (Phi) is 4.60. The number of anilines is 2. The third-order valence-corrected chi connectivity index (χ3v) is 6.11. The van der Waals surface area contributed by atoms with Gasteiger partial charge in [-0.2, -0.15) is 5.10 Å². The molecular formula is C19H22ClFN4O2. The molecule has 144 valence electrons. The first kappa shape index (κ1) is 18.3. The van der Waals surface area contributed by atoms with Gasteiger partial charge in [-0.15, -0.1) is 0 Å². The fourth-order valence-corrected chi connectivity index (χ4v) is 4.42. The van der Waals surface area contributed by atoms with Crippen LogP contribution in [0.1, 0.15) is 47.7 Å². The lowest BCUT2D eigenvalue weighted by molar-refractivity contribution is -0.0406. The summed E-state index contributed by atoms with van der Waals surface area (Å²) in [5, 5.41) is 7.22. The maximum atomic E-state index is 13.3. The second-order valence-electron chi connectivity index (χ2n) is 7.57. The van der Waals surface area contributed by atoms with Crippen LogP contribution in [0.4, 0.5) is 15.9 Å². The predicted octanol–water partition coefficient (Wildman–Crippen LogP) is 3.72. The Labute approximate surface area is 161 Å². The molecule has 2 aliphatic rings. The molecule has 2 aromatic rings. The average Bonchev–Trinajstić information content (AvgIpc) is 2.91. The lowest BCUT2D eigenvalue weighted by Gasteiger charge is -2.49. The molecule has 1 aromatic carbocycles. The minimum absolute atomic E-state index is 0.0485. The van der Waals surface area contributed by atoms with Gasteiger partial charge in [0.1, 0.15) is 17.2 Å². The van der Waals surface area contributed by atoms with Crippen molar-refractivity contribution >= 4 is 29.0 Å². The summed E-state index contributed by atoms with van der Waals surface area (Å²) in [5.41, 5.74) is 7.98. The van der Waals surface area contributed by atoms with Crippen molar-refractivity contribution in [3.05, 3.63) is 40.3 Å². The standard InChI is InChI=1S/C19H22ClFN4O2/c1-25-17(22)15(18(26)23-12-2-3-14(21)13(20)8-12)16(24-25)11-9-19(10-11)4-6-27-7-5-19/h2-3,8,11H,4-7,9-10,22H2,1H3,(H,23,26). The molecule has 27 heavy (non-hydrogen) atoms. The minimum Gasteiger partial charge on any atom is -0.383 e. The Hall–Kier alpha value is -2.12. The molecule has 1 amide bonds. The third kappa shape index (κ3) is 3.30. The van der Waals surface area contributed by atoms with Gasteiger partial charge in [-0.1, -0.05) is 11.6 Å². The van der Waals surface area contributed by atoms with Crippen molar-refractivity contribution < 1.29 is 13.9 Å². The fraction of sp³-hybridized carbons (Fsp3) is 0.474. The van der Waals surface area contributed by atoms with Gasteiger partial charge in [0.15, 0.2) is 0 Å². The molecule has 1 saturated heterocycles. The van der Waals surface area contributed by atoms with Crippen molar-refractivity contribution in [3.63, 3.8) is 0 Å². The summed E-state index contributed by atoms with van der Waals surface area (Å²) in [6, 6.07) is 4.05. The van der Waals surface area contributed by atoms with E-state index in [9.17, 15) is 9.18 Å². The number of hydrogen-bond donors (Lipinski definition) is 2. The Morgan fingerprint density at radius 3 is 2.78 bits per heavy atom. The number of halogens is 2. The Morgan fingerprint density at radius 2 is 2.11 bits per heavy atom. The summed E-state index contributed by atoms with van der Waals surface area (Å²) < 4.78 is 20.3. The zero-order chi connectivity index (χ0) is 19.2. The van der Waals surface area contributed by atoms with Gasteiger partial charge < -0.3 is 15.8 Å². The van der Waals surface area contributed by atoms with E-state index in [0.717, 1.165) is 44.6 Å². The van der Waals surface area contributed by atoms with E-state index < -0.39 is 5.82 Å². The number of benzene rings is 1. The van der Waals surface area contributed by atoms with Gasteiger partial charge in [0.25, 0.3) is 5.91 Å². The van der Waals surface area contributed by atoms with Crippen LogP contribution in [0.3, 0.4) is 0 Å². The van der Waals surface area contributed by atoms with Crippen molar-refractivity contribution in [1.82, 2.24) is 9.78 Å². The molecule has 1 saturated carbocycles. The van der Waals surface area contributed by atoms with Gasteiger partial charge >= 0.3 is 0 Å². The van der Waals surface area contributed by atoms with Crippen LogP contribution in [0.5, 0.6) is 0 Å². The monoisotopic (exact) mass is 392 g/mol. The number of nitrogens with two attached hydrogens (primary N) is 1. The summed E-state index contributed by atoms with van der Waals surface area (Å²) in [7, 11) is 1.73. The summed E-state index contributed by atoms with van der Waals surface area (Å²) in [4.78, 5) is 12.9. The van der Waals surface area contributed by atoms with Crippen molar-refractivity contribution in [3.8, 4) is 0 Å². The molecule has 6 nitrogen and oxygen atoms in total. The number of ether oxygens (including phenoxy) is 1. The molecule has 2 fully saturated rings. The molecule has 0 bridgehead atoms. The molecule has 0 radical (unpaired) electrons. The summed E-state index contributed by atoms with van der Waals surface area (Å²) in [5.74, 6) is -0.355. The van der Waals surface area contributed by atoms with E-state index in [4.69, 9.17) is 22.1 Å². The van der Waals surface area contributed by atoms with Gasteiger partial charge in [-0.05, 0) is 49.3 Å². The van der Waals surface area contributed by atoms with E-state index in [-0.39, 0.29) is 16.8 Å². The van der Waals surface area contributed by atoms with Gasteiger partial charge in [0.2, 0.25) is 0 Å². The third-order valence-electron chi connectivity index (χ3n) is 5.82.